The first-order chi connectivity index (χ1) is 5.86. The number of likely N-dealkylation sites (tertiary alicyclic amines) is 1. The molecule has 12 heavy (non-hydrogen) atoms. The molecule has 0 radical (unpaired) electrons. The Kier molecular flexibility index (Phi) is 4.09. The lowest BCUT2D eigenvalue weighted by Gasteiger charge is -2.29. The van der Waals surface area contributed by atoms with Crippen molar-refractivity contribution < 1.29 is 0 Å². The van der Waals surface area contributed by atoms with Gasteiger partial charge in [0, 0.05) is 6.54 Å². The van der Waals surface area contributed by atoms with Crippen molar-refractivity contribution in [3.05, 3.63) is 23.8 Å². The van der Waals surface area contributed by atoms with Crippen LogP contribution in [0.2, 0.25) is 0 Å². The summed E-state index contributed by atoms with van der Waals surface area (Å²) in [5.74, 6) is 0. The highest BCUT2D eigenvalue weighted by Crippen LogP contribution is 2.08. The molecule has 1 fully saturated rings. The quantitative estimate of drug-likeness (QED) is 0.579. The summed E-state index contributed by atoms with van der Waals surface area (Å²) in [5, 5.41) is 0. The molecule has 1 aliphatic rings. The molecule has 1 heteroatoms. The van der Waals surface area contributed by atoms with Crippen LogP contribution in [0.4, 0.5) is 0 Å². The van der Waals surface area contributed by atoms with Crippen molar-refractivity contribution in [3.63, 3.8) is 0 Å². The zero-order chi connectivity index (χ0) is 8.81. The first-order valence-corrected chi connectivity index (χ1v) is 4.91. The molecule has 1 saturated heterocycles. The molecule has 0 unspecified atom stereocenters. The predicted octanol–water partition coefficient (Wildman–Crippen LogP) is 2.60. The van der Waals surface area contributed by atoms with E-state index in [1.807, 2.05) is 0 Å². The maximum absolute atomic E-state index is 2.47. The number of hydrogen-bond donors (Lipinski definition) is 0. The lowest BCUT2D eigenvalue weighted by atomic mass is 10.1. The Morgan fingerprint density at radius 1 is 1.42 bits per heavy atom. The normalized spacial score (nSPS) is 20.0. The number of hydrogen-bond acceptors (Lipinski definition) is 1. The number of rotatable bonds is 4. The van der Waals surface area contributed by atoms with E-state index >= 15 is 0 Å². The molecule has 0 aromatic rings. The first kappa shape index (κ1) is 9.53. The Morgan fingerprint density at radius 3 is 2.58 bits per heavy atom. The summed E-state index contributed by atoms with van der Waals surface area (Å²) in [7, 11) is 0. The van der Waals surface area contributed by atoms with Crippen LogP contribution in [-0.4, -0.2) is 24.5 Å². The van der Waals surface area contributed by atoms with E-state index < -0.39 is 0 Å². The van der Waals surface area contributed by atoms with Gasteiger partial charge in [0.15, 0.2) is 0 Å². The molecule has 0 bridgehead atoms. The fourth-order valence-electron chi connectivity index (χ4n) is 1.35. The largest absolute Gasteiger partial charge is 0.300 e. The molecular formula is C11H19N. The van der Waals surface area contributed by atoms with Crippen molar-refractivity contribution in [2.75, 3.05) is 19.6 Å². The van der Waals surface area contributed by atoms with Crippen LogP contribution in [0.1, 0.15) is 26.7 Å². The van der Waals surface area contributed by atoms with Gasteiger partial charge < -0.3 is 0 Å². The Balaban J connectivity index is 2.29. The summed E-state index contributed by atoms with van der Waals surface area (Å²) in [4.78, 5) is 2.47. The molecule has 0 saturated carbocycles. The predicted molar refractivity (Wildman–Crippen MR) is 54.2 cm³/mol. The van der Waals surface area contributed by atoms with E-state index in [4.69, 9.17) is 0 Å². The SMILES string of the molecule is C/C=C\C(=C/CN1CCC1)CC. The van der Waals surface area contributed by atoms with E-state index in [9.17, 15) is 0 Å². The summed E-state index contributed by atoms with van der Waals surface area (Å²) >= 11 is 0. The van der Waals surface area contributed by atoms with E-state index in [2.05, 4.69) is 37.0 Å². The standard InChI is InChI=1S/C11H19N/c1-3-6-11(4-2)7-10-12-8-5-9-12/h3,6-7H,4-5,8-10H2,1-2H3/b6-3-,11-7-. The zero-order valence-electron chi connectivity index (χ0n) is 8.21. The highest BCUT2D eigenvalue weighted by atomic mass is 15.2. The van der Waals surface area contributed by atoms with Gasteiger partial charge in [0.1, 0.15) is 0 Å². The van der Waals surface area contributed by atoms with Crippen molar-refractivity contribution in [2.45, 2.75) is 26.7 Å². The van der Waals surface area contributed by atoms with Gasteiger partial charge in [-0.2, -0.15) is 0 Å². The van der Waals surface area contributed by atoms with E-state index in [-0.39, 0.29) is 0 Å². The van der Waals surface area contributed by atoms with E-state index in [0.717, 1.165) is 13.0 Å². The van der Waals surface area contributed by atoms with Gasteiger partial charge in [0.2, 0.25) is 0 Å². The Labute approximate surface area is 75.8 Å². The Hall–Kier alpha value is -0.560. The second-order valence-corrected chi connectivity index (χ2v) is 3.29. The molecule has 0 amide bonds. The third kappa shape index (κ3) is 2.82. The highest BCUT2D eigenvalue weighted by molar-refractivity contribution is 5.18. The van der Waals surface area contributed by atoms with E-state index in [1.165, 1.54) is 25.1 Å². The molecule has 68 valence electrons. The van der Waals surface area contributed by atoms with Crippen molar-refractivity contribution in [2.24, 2.45) is 0 Å². The monoisotopic (exact) mass is 165 g/mol. The van der Waals surface area contributed by atoms with Gasteiger partial charge >= 0.3 is 0 Å². The molecule has 1 rings (SSSR count). The van der Waals surface area contributed by atoms with E-state index in [0.29, 0.717) is 0 Å². The van der Waals surface area contributed by atoms with E-state index in [1.54, 1.807) is 0 Å². The van der Waals surface area contributed by atoms with Crippen LogP contribution in [-0.2, 0) is 0 Å². The molecule has 0 aromatic heterocycles. The molecule has 1 nitrogen and oxygen atoms in total. The zero-order valence-corrected chi connectivity index (χ0v) is 8.21. The van der Waals surface area contributed by atoms with Crippen LogP contribution in [0.15, 0.2) is 23.8 Å². The van der Waals surface area contributed by atoms with Crippen LogP contribution in [0.5, 0.6) is 0 Å². The molecule has 1 aliphatic heterocycles. The average Bonchev–Trinajstić information content (AvgIpc) is 2.00. The topological polar surface area (TPSA) is 3.24 Å². The molecule has 0 atom stereocenters. The van der Waals surface area contributed by atoms with Gasteiger partial charge in [-0.15, -0.1) is 0 Å². The maximum Gasteiger partial charge on any atom is 0.0168 e. The number of allylic oxidation sites excluding steroid dienone is 3. The van der Waals surface area contributed by atoms with Gasteiger partial charge in [0.05, 0.1) is 0 Å². The summed E-state index contributed by atoms with van der Waals surface area (Å²) in [6, 6.07) is 0. The molecule has 1 heterocycles. The van der Waals surface area contributed by atoms with Gasteiger partial charge in [-0.25, -0.2) is 0 Å². The van der Waals surface area contributed by atoms with Crippen LogP contribution in [0.3, 0.4) is 0 Å². The number of nitrogens with zero attached hydrogens (tertiary/aromatic N) is 1. The summed E-state index contributed by atoms with van der Waals surface area (Å²) in [6.45, 7) is 8.02. The minimum atomic E-state index is 1.15. The Bertz CT molecular complexity index is 175. The molecule has 0 aliphatic carbocycles. The average molecular weight is 165 g/mol. The minimum absolute atomic E-state index is 1.15. The lowest BCUT2D eigenvalue weighted by Crippen LogP contribution is -2.37. The van der Waals surface area contributed by atoms with Crippen molar-refractivity contribution >= 4 is 0 Å². The van der Waals surface area contributed by atoms with Crippen LogP contribution >= 0.6 is 0 Å². The maximum atomic E-state index is 2.47. The minimum Gasteiger partial charge on any atom is -0.300 e. The smallest absolute Gasteiger partial charge is 0.0168 e. The molecular weight excluding hydrogens is 146 g/mol. The second-order valence-electron chi connectivity index (χ2n) is 3.29. The lowest BCUT2D eigenvalue weighted by molar-refractivity contribution is 0.203. The van der Waals surface area contributed by atoms with Crippen LogP contribution < -0.4 is 0 Å². The van der Waals surface area contributed by atoms with Crippen molar-refractivity contribution in [1.82, 2.24) is 4.90 Å². The summed E-state index contributed by atoms with van der Waals surface area (Å²) < 4.78 is 0. The molecule has 0 aromatic carbocycles. The van der Waals surface area contributed by atoms with Crippen LogP contribution in [0.25, 0.3) is 0 Å². The fraction of sp³-hybridized carbons (Fsp3) is 0.636. The van der Waals surface area contributed by atoms with Gasteiger partial charge in [-0.05, 0) is 32.9 Å². The fourth-order valence-corrected chi connectivity index (χ4v) is 1.35. The Morgan fingerprint density at radius 2 is 2.17 bits per heavy atom. The van der Waals surface area contributed by atoms with Crippen molar-refractivity contribution in [1.29, 1.82) is 0 Å². The summed E-state index contributed by atoms with van der Waals surface area (Å²) in [6.07, 6.45) is 9.21. The third-order valence-corrected chi connectivity index (χ3v) is 2.35. The van der Waals surface area contributed by atoms with Crippen LogP contribution in [0, 0.1) is 0 Å². The van der Waals surface area contributed by atoms with Crippen molar-refractivity contribution in [3.8, 4) is 0 Å². The first-order valence-electron chi connectivity index (χ1n) is 4.91. The highest BCUT2D eigenvalue weighted by Gasteiger charge is 2.10. The third-order valence-electron chi connectivity index (χ3n) is 2.35. The summed E-state index contributed by atoms with van der Waals surface area (Å²) in [5.41, 5.74) is 1.46. The van der Waals surface area contributed by atoms with Gasteiger partial charge in [-0.1, -0.05) is 30.7 Å². The second kappa shape index (κ2) is 5.15. The van der Waals surface area contributed by atoms with Gasteiger partial charge in [0.25, 0.3) is 0 Å². The molecule has 0 spiro atoms. The molecule has 0 N–H and O–H groups in total. The van der Waals surface area contributed by atoms with Gasteiger partial charge in [-0.3, -0.25) is 4.90 Å².